The molecule has 7 heteroatoms. The van der Waals surface area contributed by atoms with Crippen LogP contribution in [0.15, 0.2) is 40.6 Å². The number of amides is 1. The van der Waals surface area contributed by atoms with Gasteiger partial charge in [0.1, 0.15) is 4.21 Å². The van der Waals surface area contributed by atoms with Crippen LogP contribution in [0.1, 0.15) is 30.9 Å². The molecule has 0 spiro atoms. The molecular weight excluding hydrogens is 354 g/mol. The minimum absolute atomic E-state index is 0.0202. The van der Waals surface area contributed by atoms with Crippen LogP contribution in [-0.2, 0) is 27.7 Å². The lowest BCUT2D eigenvalue weighted by Gasteiger charge is -2.06. The van der Waals surface area contributed by atoms with Gasteiger partial charge in [-0.1, -0.05) is 49.2 Å². The summed E-state index contributed by atoms with van der Waals surface area (Å²) < 4.78 is 26.5. The topological polar surface area (TPSA) is 63.2 Å². The second kappa shape index (κ2) is 7.95. The molecule has 0 unspecified atom stereocenters. The summed E-state index contributed by atoms with van der Waals surface area (Å²) in [6.45, 7) is 2.14. The fourth-order valence-corrected chi connectivity index (χ4v) is 4.54. The molecular formula is C16H18ClNO3S2. The van der Waals surface area contributed by atoms with Crippen LogP contribution in [0.3, 0.4) is 0 Å². The minimum atomic E-state index is -3.84. The molecule has 0 saturated heterocycles. The Hall–Kier alpha value is -1.37. The van der Waals surface area contributed by atoms with Gasteiger partial charge >= 0.3 is 0 Å². The Morgan fingerprint density at radius 1 is 1.13 bits per heavy atom. The normalized spacial score (nSPS) is 11.4. The number of hydrogen-bond acceptors (Lipinski definition) is 4. The molecule has 1 aromatic heterocycles. The van der Waals surface area contributed by atoms with E-state index in [2.05, 4.69) is 11.6 Å². The number of thiophene rings is 1. The molecule has 1 heterocycles. The summed E-state index contributed by atoms with van der Waals surface area (Å²) in [7, 11) is -3.84. The van der Waals surface area contributed by atoms with Crippen molar-refractivity contribution in [1.29, 1.82) is 0 Å². The first-order valence-corrected chi connectivity index (χ1v) is 9.97. The SMILES string of the molecule is CCCCc1ccc(CC(=O)NS(=O)(=O)c2ccc(Cl)s2)cc1. The third kappa shape index (κ3) is 5.34. The Labute approximate surface area is 145 Å². The highest BCUT2D eigenvalue weighted by Gasteiger charge is 2.19. The van der Waals surface area contributed by atoms with Gasteiger partial charge < -0.3 is 0 Å². The minimum Gasteiger partial charge on any atom is -0.274 e. The molecule has 0 aliphatic rings. The zero-order chi connectivity index (χ0) is 16.9. The third-order valence-electron chi connectivity index (χ3n) is 3.27. The van der Waals surface area contributed by atoms with E-state index in [1.165, 1.54) is 17.7 Å². The lowest BCUT2D eigenvalue weighted by molar-refractivity contribution is -0.118. The van der Waals surface area contributed by atoms with Gasteiger partial charge in [-0.2, -0.15) is 0 Å². The van der Waals surface area contributed by atoms with Gasteiger partial charge in [-0.15, -0.1) is 11.3 Å². The number of carbonyl (C=O) groups is 1. The van der Waals surface area contributed by atoms with E-state index in [0.717, 1.165) is 36.2 Å². The molecule has 2 aromatic rings. The van der Waals surface area contributed by atoms with Crippen molar-refractivity contribution >= 4 is 38.9 Å². The molecule has 0 bridgehead atoms. The summed E-state index contributed by atoms with van der Waals surface area (Å²) in [5, 5.41) is 0. The highest BCUT2D eigenvalue weighted by Crippen LogP contribution is 2.25. The molecule has 0 radical (unpaired) electrons. The number of halogens is 1. The number of carbonyl (C=O) groups excluding carboxylic acids is 1. The lowest BCUT2D eigenvalue weighted by Crippen LogP contribution is -2.31. The summed E-state index contributed by atoms with van der Waals surface area (Å²) in [6.07, 6.45) is 3.29. The second-order valence-corrected chi connectivity index (χ2v) is 8.81. The first-order valence-electron chi connectivity index (χ1n) is 7.29. The van der Waals surface area contributed by atoms with Crippen LogP contribution in [0.2, 0.25) is 4.34 Å². The number of rotatable bonds is 7. The molecule has 1 aromatic carbocycles. The van der Waals surface area contributed by atoms with Crippen molar-refractivity contribution < 1.29 is 13.2 Å². The van der Waals surface area contributed by atoms with Gasteiger partial charge in [0.05, 0.1) is 10.8 Å². The summed E-state index contributed by atoms with van der Waals surface area (Å²) in [5.41, 5.74) is 2.00. The number of sulfonamides is 1. The van der Waals surface area contributed by atoms with E-state index in [1.54, 1.807) is 0 Å². The van der Waals surface area contributed by atoms with Crippen molar-refractivity contribution in [3.63, 3.8) is 0 Å². The van der Waals surface area contributed by atoms with Crippen LogP contribution in [0, 0.1) is 0 Å². The molecule has 1 amide bonds. The number of unbranched alkanes of at least 4 members (excludes halogenated alkanes) is 1. The molecule has 23 heavy (non-hydrogen) atoms. The van der Waals surface area contributed by atoms with Crippen molar-refractivity contribution in [2.24, 2.45) is 0 Å². The van der Waals surface area contributed by atoms with E-state index in [0.29, 0.717) is 4.34 Å². The Morgan fingerprint density at radius 3 is 2.35 bits per heavy atom. The van der Waals surface area contributed by atoms with Crippen LogP contribution in [-0.4, -0.2) is 14.3 Å². The van der Waals surface area contributed by atoms with Gasteiger partial charge in [-0.3, -0.25) is 4.79 Å². The average molecular weight is 372 g/mol. The van der Waals surface area contributed by atoms with Gasteiger partial charge in [0.15, 0.2) is 0 Å². The number of hydrogen-bond donors (Lipinski definition) is 1. The van der Waals surface area contributed by atoms with E-state index in [9.17, 15) is 13.2 Å². The van der Waals surface area contributed by atoms with E-state index < -0.39 is 15.9 Å². The molecule has 4 nitrogen and oxygen atoms in total. The molecule has 1 N–H and O–H groups in total. The molecule has 0 atom stereocenters. The van der Waals surface area contributed by atoms with Crippen molar-refractivity contribution in [3.05, 3.63) is 51.9 Å². The standard InChI is InChI=1S/C16H18ClNO3S2/c1-2-3-4-12-5-7-13(8-6-12)11-15(19)18-23(20,21)16-10-9-14(17)22-16/h5-10H,2-4,11H2,1H3,(H,18,19). The van der Waals surface area contributed by atoms with Crippen LogP contribution in [0.25, 0.3) is 0 Å². The molecule has 124 valence electrons. The fourth-order valence-electron chi connectivity index (χ4n) is 2.07. The van der Waals surface area contributed by atoms with E-state index in [1.807, 2.05) is 24.3 Å². The second-order valence-electron chi connectivity index (χ2n) is 5.18. The van der Waals surface area contributed by atoms with Crippen LogP contribution >= 0.6 is 22.9 Å². The maximum Gasteiger partial charge on any atom is 0.273 e. The Morgan fingerprint density at radius 2 is 1.78 bits per heavy atom. The monoisotopic (exact) mass is 371 g/mol. The van der Waals surface area contributed by atoms with Crippen LogP contribution in [0.4, 0.5) is 0 Å². The Balaban J connectivity index is 1.96. The third-order valence-corrected chi connectivity index (χ3v) is 6.36. The summed E-state index contributed by atoms with van der Waals surface area (Å²) in [5.74, 6) is -0.559. The highest BCUT2D eigenvalue weighted by atomic mass is 35.5. The number of benzene rings is 1. The highest BCUT2D eigenvalue weighted by molar-refractivity contribution is 7.92. The summed E-state index contributed by atoms with van der Waals surface area (Å²) >= 11 is 6.64. The summed E-state index contributed by atoms with van der Waals surface area (Å²) in [4.78, 5) is 11.9. The van der Waals surface area contributed by atoms with Crippen molar-refractivity contribution in [1.82, 2.24) is 4.72 Å². The molecule has 0 aliphatic carbocycles. The Kier molecular flexibility index (Phi) is 6.21. The van der Waals surface area contributed by atoms with Gasteiger partial charge in [-0.25, -0.2) is 13.1 Å². The summed E-state index contributed by atoms with van der Waals surface area (Å²) in [6, 6.07) is 10.5. The van der Waals surface area contributed by atoms with Crippen LogP contribution in [0.5, 0.6) is 0 Å². The smallest absolute Gasteiger partial charge is 0.273 e. The quantitative estimate of drug-likeness (QED) is 0.805. The lowest BCUT2D eigenvalue weighted by atomic mass is 10.0. The zero-order valence-electron chi connectivity index (χ0n) is 12.7. The van der Waals surface area contributed by atoms with Gasteiger partial charge in [-0.05, 0) is 36.1 Å². The molecule has 0 aliphatic heterocycles. The first-order chi connectivity index (χ1) is 10.9. The van der Waals surface area contributed by atoms with Crippen LogP contribution < -0.4 is 4.72 Å². The van der Waals surface area contributed by atoms with Crippen molar-refractivity contribution in [2.75, 3.05) is 0 Å². The molecule has 0 saturated carbocycles. The maximum atomic E-state index is 12.0. The Bertz CT molecular complexity index is 767. The predicted molar refractivity (Wildman–Crippen MR) is 93.4 cm³/mol. The number of aryl methyl sites for hydroxylation is 1. The molecule has 2 rings (SSSR count). The predicted octanol–water partition coefficient (Wildman–Crippen LogP) is 3.79. The average Bonchev–Trinajstić information content (AvgIpc) is 2.93. The largest absolute Gasteiger partial charge is 0.274 e. The number of nitrogens with one attached hydrogen (secondary N) is 1. The van der Waals surface area contributed by atoms with Crippen molar-refractivity contribution in [2.45, 2.75) is 36.8 Å². The maximum absolute atomic E-state index is 12.0. The van der Waals surface area contributed by atoms with Gasteiger partial charge in [0.25, 0.3) is 10.0 Å². The fraction of sp³-hybridized carbons (Fsp3) is 0.312. The zero-order valence-corrected chi connectivity index (χ0v) is 15.1. The van der Waals surface area contributed by atoms with Gasteiger partial charge in [0, 0.05) is 0 Å². The molecule has 0 fully saturated rings. The van der Waals surface area contributed by atoms with Crippen molar-refractivity contribution in [3.8, 4) is 0 Å². The van der Waals surface area contributed by atoms with E-state index in [-0.39, 0.29) is 10.6 Å². The van der Waals surface area contributed by atoms with E-state index in [4.69, 9.17) is 11.6 Å². The first kappa shape index (κ1) is 18.0. The van der Waals surface area contributed by atoms with E-state index >= 15 is 0 Å². The van der Waals surface area contributed by atoms with Gasteiger partial charge in [0.2, 0.25) is 5.91 Å².